The first-order valence-corrected chi connectivity index (χ1v) is 8.19. The Morgan fingerprint density at radius 3 is 2.89 bits per heavy atom. The van der Waals surface area contributed by atoms with Gasteiger partial charge in [0.2, 0.25) is 5.91 Å². The van der Waals surface area contributed by atoms with E-state index in [0.717, 1.165) is 10.6 Å². The van der Waals surface area contributed by atoms with Crippen molar-refractivity contribution in [1.29, 1.82) is 0 Å². The molecular weight excluding hydrogens is 360 g/mol. The maximum atomic E-state index is 12.4. The minimum atomic E-state index is -1.29. The highest BCUT2D eigenvalue weighted by Gasteiger charge is 2.45. The fourth-order valence-corrected chi connectivity index (χ4v) is 2.92. The van der Waals surface area contributed by atoms with Gasteiger partial charge in [-0.2, -0.15) is 0 Å². The minimum absolute atomic E-state index is 0.183. The van der Waals surface area contributed by atoms with Crippen LogP contribution in [0.5, 0.6) is 0 Å². The Labute approximate surface area is 152 Å². The molecule has 12 heteroatoms. The number of amides is 1. The summed E-state index contributed by atoms with van der Waals surface area (Å²) >= 11 is 0. The summed E-state index contributed by atoms with van der Waals surface area (Å²) in [7, 11) is 0. The molecule has 0 spiro atoms. The number of nitrogens with one attached hydrogen (secondary N) is 3. The molecule has 3 rings (SSSR count). The third kappa shape index (κ3) is 3.98. The van der Waals surface area contributed by atoms with E-state index < -0.39 is 54.3 Å². The molecule has 5 unspecified atom stereocenters. The molecule has 2 aromatic rings. The Morgan fingerprint density at radius 1 is 1.48 bits per heavy atom. The maximum absolute atomic E-state index is 12.4. The second-order valence-electron chi connectivity index (χ2n) is 6.18. The average Bonchev–Trinajstić information content (AvgIpc) is 3.24. The molecule has 1 aliphatic heterocycles. The predicted octanol–water partition coefficient (Wildman–Crippen LogP) is -3.43. The number of H-pyrrole nitrogens is 2. The number of imidazole rings is 1. The zero-order chi connectivity index (χ0) is 19.6. The summed E-state index contributed by atoms with van der Waals surface area (Å²) in [5.41, 5.74) is 5.16. The van der Waals surface area contributed by atoms with Gasteiger partial charge in [-0.1, -0.05) is 0 Å². The van der Waals surface area contributed by atoms with Crippen LogP contribution in [0.3, 0.4) is 0 Å². The second-order valence-corrected chi connectivity index (χ2v) is 6.18. The zero-order valence-electron chi connectivity index (χ0n) is 14.1. The van der Waals surface area contributed by atoms with Crippen LogP contribution in [0.1, 0.15) is 11.9 Å². The summed E-state index contributed by atoms with van der Waals surface area (Å²) in [4.78, 5) is 44.5. The Kier molecular flexibility index (Phi) is 5.51. The van der Waals surface area contributed by atoms with Gasteiger partial charge in [0.15, 0.2) is 6.23 Å². The lowest BCUT2D eigenvalue weighted by molar-refractivity contribution is -0.124. The highest BCUT2D eigenvalue weighted by Crippen LogP contribution is 2.28. The molecule has 0 bridgehead atoms. The SMILES string of the molecule is NC(Cc1cnc[nH]1)C(=O)NC1C(O)C(CO)OC1n1ccc(=O)[nH]c1=O. The van der Waals surface area contributed by atoms with Gasteiger partial charge in [0.25, 0.3) is 5.56 Å². The van der Waals surface area contributed by atoms with E-state index in [9.17, 15) is 24.6 Å². The van der Waals surface area contributed by atoms with Crippen molar-refractivity contribution in [3.8, 4) is 0 Å². The van der Waals surface area contributed by atoms with Crippen molar-refractivity contribution in [3.05, 3.63) is 51.3 Å². The van der Waals surface area contributed by atoms with E-state index in [-0.39, 0.29) is 6.42 Å². The van der Waals surface area contributed by atoms with Crippen LogP contribution < -0.4 is 22.3 Å². The molecular formula is C15H20N6O6. The fourth-order valence-electron chi connectivity index (χ4n) is 2.92. The van der Waals surface area contributed by atoms with Gasteiger partial charge in [0, 0.05) is 30.6 Å². The Balaban J connectivity index is 1.80. The molecule has 0 saturated carbocycles. The molecule has 5 atom stereocenters. The van der Waals surface area contributed by atoms with Crippen molar-refractivity contribution in [2.45, 2.75) is 36.9 Å². The maximum Gasteiger partial charge on any atom is 0.330 e. The van der Waals surface area contributed by atoms with Crippen LogP contribution in [0.25, 0.3) is 0 Å². The van der Waals surface area contributed by atoms with Crippen LogP contribution >= 0.6 is 0 Å². The van der Waals surface area contributed by atoms with Crippen molar-refractivity contribution in [3.63, 3.8) is 0 Å². The lowest BCUT2D eigenvalue weighted by Crippen LogP contribution is -2.53. The quantitative estimate of drug-likeness (QED) is 0.298. The normalized spacial score (nSPS) is 26.0. The van der Waals surface area contributed by atoms with Crippen LogP contribution in [-0.2, 0) is 16.0 Å². The lowest BCUT2D eigenvalue weighted by atomic mass is 10.1. The number of aromatic nitrogens is 4. The number of aliphatic hydroxyl groups is 2. The molecule has 0 radical (unpaired) electrons. The first-order valence-electron chi connectivity index (χ1n) is 8.19. The fraction of sp³-hybridized carbons (Fsp3) is 0.467. The monoisotopic (exact) mass is 380 g/mol. The Hall–Kier alpha value is -2.80. The van der Waals surface area contributed by atoms with Gasteiger partial charge < -0.3 is 31.0 Å². The van der Waals surface area contributed by atoms with E-state index in [0.29, 0.717) is 5.69 Å². The van der Waals surface area contributed by atoms with E-state index in [1.807, 2.05) is 0 Å². The van der Waals surface area contributed by atoms with Gasteiger partial charge in [-0.25, -0.2) is 9.78 Å². The number of aliphatic hydroxyl groups excluding tert-OH is 2. The van der Waals surface area contributed by atoms with Crippen molar-refractivity contribution in [2.24, 2.45) is 5.73 Å². The number of nitrogens with zero attached hydrogens (tertiary/aromatic N) is 2. The van der Waals surface area contributed by atoms with Crippen LogP contribution in [-0.4, -0.2) is 66.5 Å². The number of ether oxygens (including phenoxy) is 1. The first-order chi connectivity index (χ1) is 12.9. The summed E-state index contributed by atoms with van der Waals surface area (Å²) in [5, 5.41) is 22.3. The molecule has 1 amide bonds. The summed E-state index contributed by atoms with van der Waals surface area (Å²) in [6.07, 6.45) is 0.906. The number of carbonyl (C=O) groups excluding carboxylic acids is 1. The summed E-state index contributed by atoms with van der Waals surface area (Å²) < 4.78 is 6.52. The van der Waals surface area contributed by atoms with Crippen LogP contribution in [0.2, 0.25) is 0 Å². The highest BCUT2D eigenvalue weighted by atomic mass is 16.5. The van der Waals surface area contributed by atoms with Gasteiger partial charge in [-0.05, 0) is 0 Å². The number of aromatic amines is 2. The van der Waals surface area contributed by atoms with Crippen molar-refractivity contribution < 1.29 is 19.7 Å². The number of rotatable bonds is 6. The summed E-state index contributed by atoms with van der Waals surface area (Å²) in [5.74, 6) is -0.585. The topological polar surface area (TPSA) is 188 Å². The van der Waals surface area contributed by atoms with Crippen LogP contribution in [0.4, 0.5) is 0 Å². The molecule has 2 aromatic heterocycles. The first kappa shape index (κ1) is 19.0. The average molecular weight is 380 g/mol. The standard InChI is InChI=1S/C15H20N6O6/c16-8(3-7-4-17-6-18-7)13(25)20-11-12(24)9(5-22)27-14(11)21-2-1-10(23)19-15(21)26/h1-2,4,6,8-9,11-12,14,22,24H,3,5,16H2,(H,17,18)(H,20,25)(H,19,23,26). The van der Waals surface area contributed by atoms with Gasteiger partial charge in [-0.3, -0.25) is 19.1 Å². The summed E-state index contributed by atoms with van der Waals surface area (Å²) in [6, 6.07) is -0.906. The van der Waals surface area contributed by atoms with E-state index in [1.165, 1.54) is 18.7 Å². The van der Waals surface area contributed by atoms with Gasteiger partial charge in [-0.15, -0.1) is 0 Å². The largest absolute Gasteiger partial charge is 0.394 e. The Morgan fingerprint density at radius 2 is 2.26 bits per heavy atom. The van der Waals surface area contributed by atoms with E-state index in [4.69, 9.17) is 10.5 Å². The molecule has 12 nitrogen and oxygen atoms in total. The van der Waals surface area contributed by atoms with E-state index >= 15 is 0 Å². The zero-order valence-corrected chi connectivity index (χ0v) is 14.1. The van der Waals surface area contributed by atoms with Crippen molar-refractivity contribution in [1.82, 2.24) is 24.8 Å². The number of nitrogens with two attached hydrogens (primary N) is 1. The van der Waals surface area contributed by atoms with Crippen LogP contribution in [0.15, 0.2) is 34.4 Å². The lowest BCUT2D eigenvalue weighted by Gasteiger charge is -2.24. The van der Waals surface area contributed by atoms with Crippen molar-refractivity contribution in [2.75, 3.05) is 6.61 Å². The summed E-state index contributed by atoms with van der Waals surface area (Å²) in [6.45, 7) is -0.525. The number of hydrogen-bond donors (Lipinski definition) is 6. The molecule has 27 heavy (non-hydrogen) atoms. The predicted molar refractivity (Wildman–Crippen MR) is 90.5 cm³/mol. The third-order valence-corrected chi connectivity index (χ3v) is 4.32. The third-order valence-electron chi connectivity index (χ3n) is 4.32. The molecule has 0 aliphatic carbocycles. The van der Waals surface area contributed by atoms with Crippen LogP contribution in [0, 0.1) is 0 Å². The van der Waals surface area contributed by atoms with E-state index in [2.05, 4.69) is 20.3 Å². The molecule has 146 valence electrons. The molecule has 1 aliphatic rings. The van der Waals surface area contributed by atoms with Gasteiger partial charge in [0.1, 0.15) is 18.2 Å². The Bertz CT molecular complexity index is 893. The second kappa shape index (κ2) is 7.84. The van der Waals surface area contributed by atoms with E-state index in [1.54, 1.807) is 0 Å². The van der Waals surface area contributed by atoms with Crippen molar-refractivity contribution >= 4 is 5.91 Å². The smallest absolute Gasteiger partial charge is 0.330 e. The van der Waals surface area contributed by atoms with Gasteiger partial charge in [0.05, 0.1) is 19.0 Å². The molecule has 3 heterocycles. The highest BCUT2D eigenvalue weighted by molar-refractivity contribution is 5.82. The minimum Gasteiger partial charge on any atom is -0.394 e. The molecule has 1 fully saturated rings. The molecule has 0 aromatic carbocycles. The molecule has 1 saturated heterocycles. The number of carbonyl (C=O) groups is 1. The van der Waals surface area contributed by atoms with Gasteiger partial charge >= 0.3 is 5.69 Å². The molecule has 7 N–H and O–H groups in total. The number of hydrogen-bond acceptors (Lipinski definition) is 8.